The van der Waals surface area contributed by atoms with Crippen LogP contribution >= 0.6 is 27.7 Å². The summed E-state index contributed by atoms with van der Waals surface area (Å²) in [6, 6.07) is 16.8. The molecule has 1 heterocycles. The van der Waals surface area contributed by atoms with Crippen LogP contribution in [0, 0.1) is 6.92 Å². The van der Waals surface area contributed by atoms with Crippen LogP contribution in [-0.2, 0) is 10.5 Å². The summed E-state index contributed by atoms with van der Waals surface area (Å²) in [4.78, 5) is 29.5. The second kappa shape index (κ2) is 10.2. The number of carbonyl (C=O) groups is 2. The topological polar surface area (TPSA) is 71.1 Å². The lowest BCUT2D eigenvalue weighted by molar-refractivity contribution is -0.115. The molecule has 2 N–H and O–H groups in total. The van der Waals surface area contributed by atoms with E-state index < -0.39 is 0 Å². The van der Waals surface area contributed by atoms with Gasteiger partial charge in [-0.25, -0.2) is 0 Å². The van der Waals surface area contributed by atoms with Gasteiger partial charge in [-0.1, -0.05) is 22.0 Å². The van der Waals surface area contributed by atoms with Gasteiger partial charge in [0.05, 0.1) is 6.54 Å². The Hall–Kier alpha value is -2.64. The summed E-state index contributed by atoms with van der Waals surface area (Å²) in [6.45, 7) is 1.85. The first-order valence-electron chi connectivity index (χ1n) is 8.97. The first-order chi connectivity index (χ1) is 14.0. The molecule has 0 atom stereocenters. The van der Waals surface area contributed by atoms with E-state index in [-0.39, 0.29) is 18.4 Å². The molecule has 0 fully saturated rings. The molecule has 5 nitrogen and oxygen atoms in total. The van der Waals surface area contributed by atoms with Crippen LogP contribution in [0.5, 0.6) is 0 Å². The fourth-order valence-corrected chi connectivity index (χ4v) is 3.62. The average Bonchev–Trinajstić information content (AvgIpc) is 2.74. The van der Waals surface area contributed by atoms with Crippen LogP contribution in [0.1, 0.15) is 21.5 Å². The molecule has 0 aliphatic rings. The highest BCUT2D eigenvalue weighted by molar-refractivity contribution is 9.10. The van der Waals surface area contributed by atoms with E-state index in [0.717, 1.165) is 26.2 Å². The minimum absolute atomic E-state index is 0.0918. The van der Waals surface area contributed by atoms with Crippen LogP contribution in [0.25, 0.3) is 0 Å². The van der Waals surface area contributed by atoms with Gasteiger partial charge in [0, 0.05) is 38.8 Å². The molecule has 0 unspecified atom stereocenters. The predicted octanol–water partition coefficient (Wildman–Crippen LogP) is 4.81. The molecule has 148 valence electrons. The zero-order valence-corrected chi connectivity index (χ0v) is 18.2. The number of carbonyl (C=O) groups excluding carboxylic acids is 2. The lowest BCUT2D eigenvalue weighted by Crippen LogP contribution is -2.32. The summed E-state index contributed by atoms with van der Waals surface area (Å²) >= 11 is 5.10. The van der Waals surface area contributed by atoms with Crippen LogP contribution in [0.2, 0.25) is 0 Å². The Bertz CT molecular complexity index is 995. The first-order valence-corrected chi connectivity index (χ1v) is 10.7. The van der Waals surface area contributed by atoms with Crippen LogP contribution < -0.4 is 10.6 Å². The number of hydrogen-bond acceptors (Lipinski definition) is 4. The Balaban J connectivity index is 1.47. The van der Waals surface area contributed by atoms with E-state index in [1.807, 2.05) is 49.5 Å². The maximum atomic E-state index is 12.3. The number of nitrogens with one attached hydrogen (secondary N) is 2. The number of aryl methyl sites for hydroxylation is 1. The van der Waals surface area contributed by atoms with Gasteiger partial charge in [0.25, 0.3) is 5.91 Å². The van der Waals surface area contributed by atoms with E-state index in [4.69, 9.17) is 0 Å². The highest BCUT2D eigenvalue weighted by Gasteiger charge is 2.09. The van der Waals surface area contributed by atoms with E-state index in [9.17, 15) is 9.59 Å². The van der Waals surface area contributed by atoms with Crippen molar-refractivity contribution in [1.29, 1.82) is 0 Å². The first kappa shape index (κ1) is 21.1. The molecule has 7 heteroatoms. The quantitative estimate of drug-likeness (QED) is 0.486. The minimum atomic E-state index is -0.282. The maximum absolute atomic E-state index is 12.3. The van der Waals surface area contributed by atoms with E-state index in [2.05, 4.69) is 31.5 Å². The van der Waals surface area contributed by atoms with Crippen LogP contribution in [-0.4, -0.2) is 23.3 Å². The Kier molecular flexibility index (Phi) is 7.43. The molecule has 0 aliphatic carbocycles. The van der Waals surface area contributed by atoms with E-state index >= 15 is 0 Å². The molecule has 0 aliphatic heterocycles. The molecule has 0 radical (unpaired) electrons. The van der Waals surface area contributed by atoms with Crippen LogP contribution in [0.4, 0.5) is 5.69 Å². The number of pyridine rings is 1. The lowest BCUT2D eigenvalue weighted by atomic mass is 10.2. The van der Waals surface area contributed by atoms with Crippen molar-refractivity contribution in [3.63, 3.8) is 0 Å². The number of rotatable bonds is 7. The van der Waals surface area contributed by atoms with Crippen LogP contribution in [0.3, 0.4) is 0 Å². The fourth-order valence-electron chi connectivity index (χ4n) is 2.54. The van der Waals surface area contributed by atoms with E-state index in [0.29, 0.717) is 11.3 Å². The van der Waals surface area contributed by atoms with Gasteiger partial charge in [-0.15, -0.1) is 11.8 Å². The standard InChI is InChI=1S/C22H20BrN3O2S/c1-15-11-18(6-9-20(15)23)26-21(27)13-25-22(28)17-4-7-19(8-5-17)29-14-16-3-2-10-24-12-16/h2-12H,13-14H2,1H3,(H,25,28)(H,26,27). The van der Waals surface area contributed by atoms with Gasteiger partial charge >= 0.3 is 0 Å². The number of aromatic nitrogens is 1. The lowest BCUT2D eigenvalue weighted by Gasteiger charge is -2.09. The van der Waals surface area contributed by atoms with Gasteiger partial charge in [0.1, 0.15) is 0 Å². The third-order valence-electron chi connectivity index (χ3n) is 4.10. The summed E-state index contributed by atoms with van der Waals surface area (Å²) in [5.41, 5.74) is 3.38. The zero-order valence-electron chi connectivity index (χ0n) is 15.8. The van der Waals surface area contributed by atoms with Gasteiger partial charge in [-0.05, 0) is 66.6 Å². The Morgan fingerprint density at radius 2 is 1.90 bits per heavy atom. The third-order valence-corrected chi connectivity index (χ3v) is 6.07. The van der Waals surface area contributed by atoms with Crippen molar-refractivity contribution in [2.45, 2.75) is 17.6 Å². The van der Waals surface area contributed by atoms with Crippen LogP contribution in [0.15, 0.2) is 76.4 Å². The van der Waals surface area contributed by atoms with Crippen molar-refractivity contribution in [2.75, 3.05) is 11.9 Å². The number of halogens is 1. The summed E-state index contributed by atoms with van der Waals surface area (Å²) < 4.78 is 0.978. The zero-order chi connectivity index (χ0) is 20.6. The van der Waals surface area contributed by atoms with Crippen molar-refractivity contribution < 1.29 is 9.59 Å². The molecule has 2 aromatic carbocycles. The fraction of sp³-hybridized carbons (Fsp3) is 0.136. The normalized spacial score (nSPS) is 10.4. The SMILES string of the molecule is Cc1cc(NC(=O)CNC(=O)c2ccc(SCc3cccnc3)cc2)ccc1Br. The molecular formula is C22H20BrN3O2S. The number of benzene rings is 2. The number of amides is 2. The molecule has 3 rings (SSSR count). The number of hydrogen-bond donors (Lipinski definition) is 2. The molecule has 2 amide bonds. The molecular weight excluding hydrogens is 450 g/mol. The Morgan fingerprint density at radius 3 is 2.59 bits per heavy atom. The molecule has 1 aromatic heterocycles. The summed E-state index contributed by atoms with van der Waals surface area (Å²) in [5, 5.41) is 5.42. The van der Waals surface area contributed by atoms with Gasteiger partial charge in [-0.3, -0.25) is 14.6 Å². The molecule has 3 aromatic rings. The second-order valence-electron chi connectivity index (χ2n) is 6.37. The maximum Gasteiger partial charge on any atom is 0.251 e. The number of anilines is 1. The van der Waals surface area contributed by atoms with Crippen molar-refractivity contribution in [2.24, 2.45) is 0 Å². The Labute approximate surface area is 182 Å². The third kappa shape index (κ3) is 6.44. The van der Waals surface area contributed by atoms with E-state index in [1.54, 1.807) is 36.2 Å². The smallest absolute Gasteiger partial charge is 0.251 e. The second-order valence-corrected chi connectivity index (χ2v) is 8.27. The van der Waals surface area contributed by atoms with Gasteiger partial charge in [0.15, 0.2) is 0 Å². The highest BCUT2D eigenvalue weighted by Crippen LogP contribution is 2.23. The highest BCUT2D eigenvalue weighted by atomic mass is 79.9. The van der Waals surface area contributed by atoms with Gasteiger partial charge in [-0.2, -0.15) is 0 Å². The molecule has 0 bridgehead atoms. The molecule has 29 heavy (non-hydrogen) atoms. The molecule has 0 spiro atoms. The largest absolute Gasteiger partial charge is 0.343 e. The summed E-state index contributed by atoms with van der Waals surface area (Å²) in [5.74, 6) is 0.259. The molecule has 0 saturated heterocycles. The Morgan fingerprint density at radius 1 is 1.10 bits per heavy atom. The van der Waals surface area contributed by atoms with Crippen molar-refractivity contribution in [1.82, 2.24) is 10.3 Å². The predicted molar refractivity (Wildman–Crippen MR) is 120 cm³/mol. The van der Waals surface area contributed by atoms with Gasteiger partial charge < -0.3 is 10.6 Å². The molecule has 0 saturated carbocycles. The number of nitrogens with zero attached hydrogens (tertiary/aromatic N) is 1. The van der Waals surface area contributed by atoms with Crippen molar-refractivity contribution in [3.8, 4) is 0 Å². The minimum Gasteiger partial charge on any atom is -0.343 e. The van der Waals surface area contributed by atoms with E-state index in [1.165, 1.54) is 0 Å². The van der Waals surface area contributed by atoms with Crippen molar-refractivity contribution in [3.05, 3.63) is 88.2 Å². The monoisotopic (exact) mass is 469 g/mol. The van der Waals surface area contributed by atoms with Gasteiger partial charge in [0.2, 0.25) is 5.91 Å². The summed E-state index contributed by atoms with van der Waals surface area (Å²) in [7, 11) is 0. The summed E-state index contributed by atoms with van der Waals surface area (Å²) in [6.07, 6.45) is 3.59. The van der Waals surface area contributed by atoms with Crippen molar-refractivity contribution >= 4 is 45.2 Å². The average molecular weight is 470 g/mol. The number of thioether (sulfide) groups is 1.